The second kappa shape index (κ2) is 7.62. The zero-order valence-electron chi connectivity index (χ0n) is 9.98. The normalized spacial score (nSPS) is 11.9. The maximum atomic E-state index is 11.6. The zero-order valence-corrected chi connectivity index (χ0v) is 10.8. The molecule has 0 aliphatic carbocycles. The predicted octanol–water partition coefficient (Wildman–Crippen LogP) is 1.30. The van der Waals surface area contributed by atoms with E-state index in [-0.39, 0.29) is 18.6 Å². The van der Waals surface area contributed by atoms with Crippen molar-refractivity contribution in [3.05, 3.63) is 0 Å². The monoisotopic (exact) mass is 251 g/mol. The zero-order chi connectivity index (χ0) is 12.6. The second-order valence-electron chi connectivity index (χ2n) is 3.84. The van der Waals surface area contributed by atoms with Crippen LogP contribution in [0.4, 0.5) is 0 Å². The van der Waals surface area contributed by atoms with Crippen LogP contribution < -0.4 is 0 Å². The Morgan fingerprint density at radius 1 is 1.25 bits per heavy atom. The minimum atomic E-state index is -3.27. The molecule has 0 aliphatic heterocycles. The molecule has 0 aliphatic rings. The van der Waals surface area contributed by atoms with Gasteiger partial charge in [-0.25, -0.2) is 12.7 Å². The van der Waals surface area contributed by atoms with Gasteiger partial charge in [0.2, 0.25) is 10.0 Å². The molecule has 0 radical (unpaired) electrons. The quantitative estimate of drug-likeness (QED) is 0.627. The van der Waals surface area contributed by atoms with Gasteiger partial charge in [0.25, 0.3) is 0 Å². The van der Waals surface area contributed by atoms with Gasteiger partial charge in [0.05, 0.1) is 5.75 Å². The Morgan fingerprint density at radius 2 is 1.88 bits per heavy atom. The molecule has 0 amide bonds. The van der Waals surface area contributed by atoms with Gasteiger partial charge >= 0.3 is 5.97 Å². The average Bonchev–Trinajstić information content (AvgIpc) is 2.17. The molecule has 0 heterocycles. The number of sulfonamides is 1. The number of hydrogen-bond acceptors (Lipinski definition) is 3. The van der Waals surface area contributed by atoms with Gasteiger partial charge in [-0.2, -0.15) is 0 Å². The molecule has 0 bridgehead atoms. The van der Waals surface area contributed by atoms with E-state index < -0.39 is 16.0 Å². The van der Waals surface area contributed by atoms with E-state index in [0.29, 0.717) is 6.54 Å². The van der Waals surface area contributed by atoms with Gasteiger partial charge in [0.1, 0.15) is 0 Å². The summed E-state index contributed by atoms with van der Waals surface area (Å²) in [7, 11) is -1.72. The highest BCUT2D eigenvalue weighted by atomic mass is 32.2. The number of nitrogens with zero attached hydrogens (tertiary/aromatic N) is 1. The highest BCUT2D eigenvalue weighted by Gasteiger charge is 2.17. The van der Waals surface area contributed by atoms with Crippen LogP contribution in [-0.2, 0) is 14.8 Å². The molecule has 5 nitrogen and oxygen atoms in total. The molecule has 0 saturated carbocycles. The summed E-state index contributed by atoms with van der Waals surface area (Å²) in [5.74, 6) is -1.04. The van der Waals surface area contributed by atoms with Crippen LogP contribution in [0, 0.1) is 0 Å². The van der Waals surface area contributed by atoms with E-state index in [9.17, 15) is 13.2 Å². The summed E-state index contributed by atoms with van der Waals surface area (Å²) in [6.07, 6.45) is 2.99. The molecular weight excluding hydrogens is 230 g/mol. The highest BCUT2D eigenvalue weighted by molar-refractivity contribution is 7.89. The first-order valence-corrected chi connectivity index (χ1v) is 7.17. The Kier molecular flexibility index (Phi) is 7.33. The molecule has 0 unspecified atom stereocenters. The summed E-state index contributed by atoms with van der Waals surface area (Å²) in [4.78, 5) is 10.3. The first kappa shape index (κ1) is 15.4. The molecule has 96 valence electrons. The van der Waals surface area contributed by atoms with Crippen molar-refractivity contribution in [1.29, 1.82) is 0 Å². The maximum Gasteiger partial charge on any atom is 0.303 e. The minimum Gasteiger partial charge on any atom is -0.481 e. The predicted molar refractivity (Wildman–Crippen MR) is 62.8 cm³/mol. The fourth-order valence-electron chi connectivity index (χ4n) is 1.29. The van der Waals surface area contributed by atoms with Crippen molar-refractivity contribution in [2.24, 2.45) is 0 Å². The molecular formula is C10H21NO4S. The van der Waals surface area contributed by atoms with E-state index in [1.807, 2.05) is 0 Å². The SMILES string of the molecule is CCCCCN(C)S(=O)(=O)CCCC(=O)O. The Labute approximate surface area is 97.5 Å². The molecule has 0 spiro atoms. The molecule has 0 atom stereocenters. The number of carboxylic acids is 1. The third kappa shape index (κ3) is 6.79. The second-order valence-corrected chi connectivity index (χ2v) is 6.04. The van der Waals surface area contributed by atoms with Crippen molar-refractivity contribution < 1.29 is 18.3 Å². The largest absolute Gasteiger partial charge is 0.481 e. The third-order valence-corrected chi connectivity index (χ3v) is 4.28. The number of carboxylic acid groups (broad SMARTS) is 1. The first-order chi connectivity index (χ1) is 7.40. The summed E-state index contributed by atoms with van der Waals surface area (Å²) < 4.78 is 24.6. The Balaban J connectivity index is 3.96. The highest BCUT2D eigenvalue weighted by Crippen LogP contribution is 2.05. The molecule has 0 aromatic rings. The smallest absolute Gasteiger partial charge is 0.303 e. The van der Waals surface area contributed by atoms with Crippen LogP contribution in [0.15, 0.2) is 0 Å². The van der Waals surface area contributed by atoms with Gasteiger partial charge in [-0.05, 0) is 12.8 Å². The number of carbonyl (C=O) groups is 1. The van der Waals surface area contributed by atoms with Crippen LogP contribution in [-0.4, -0.2) is 43.1 Å². The number of rotatable bonds is 9. The van der Waals surface area contributed by atoms with Gasteiger partial charge in [0, 0.05) is 20.0 Å². The molecule has 0 aromatic heterocycles. The fraction of sp³-hybridized carbons (Fsp3) is 0.900. The first-order valence-electron chi connectivity index (χ1n) is 5.56. The van der Waals surface area contributed by atoms with Crippen molar-refractivity contribution in [3.8, 4) is 0 Å². The Hall–Kier alpha value is -0.620. The van der Waals surface area contributed by atoms with Crippen molar-refractivity contribution in [2.45, 2.75) is 39.0 Å². The van der Waals surface area contributed by atoms with Crippen LogP contribution in [0.5, 0.6) is 0 Å². The van der Waals surface area contributed by atoms with Gasteiger partial charge < -0.3 is 5.11 Å². The van der Waals surface area contributed by atoms with E-state index in [1.165, 1.54) is 4.31 Å². The molecule has 0 saturated heterocycles. The summed E-state index contributed by atoms with van der Waals surface area (Å²) >= 11 is 0. The standard InChI is InChI=1S/C10H21NO4S/c1-3-4-5-8-11(2)16(14,15)9-6-7-10(12)13/h3-9H2,1-2H3,(H,12,13). The molecule has 6 heteroatoms. The lowest BCUT2D eigenvalue weighted by Gasteiger charge is -2.16. The molecule has 0 rings (SSSR count). The van der Waals surface area contributed by atoms with E-state index in [0.717, 1.165) is 19.3 Å². The Bertz CT molecular complexity index is 300. The topological polar surface area (TPSA) is 74.7 Å². The molecule has 0 fully saturated rings. The number of aliphatic carboxylic acids is 1. The van der Waals surface area contributed by atoms with Crippen molar-refractivity contribution >= 4 is 16.0 Å². The Morgan fingerprint density at radius 3 is 2.38 bits per heavy atom. The lowest BCUT2D eigenvalue weighted by atomic mass is 10.2. The average molecular weight is 251 g/mol. The van der Waals surface area contributed by atoms with Gasteiger partial charge in [-0.15, -0.1) is 0 Å². The molecule has 1 N–H and O–H groups in total. The van der Waals surface area contributed by atoms with Crippen LogP contribution in [0.3, 0.4) is 0 Å². The van der Waals surface area contributed by atoms with Crippen molar-refractivity contribution in [1.82, 2.24) is 4.31 Å². The maximum absolute atomic E-state index is 11.6. The van der Waals surface area contributed by atoms with Crippen LogP contribution in [0.25, 0.3) is 0 Å². The van der Waals surface area contributed by atoms with Gasteiger partial charge in [0.15, 0.2) is 0 Å². The van der Waals surface area contributed by atoms with E-state index in [2.05, 4.69) is 6.92 Å². The number of unbranched alkanes of at least 4 members (excludes halogenated alkanes) is 2. The molecule has 16 heavy (non-hydrogen) atoms. The van der Waals surface area contributed by atoms with Gasteiger partial charge in [-0.1, -0.05) is 19.8 Å². The van der Waals surface area contributed by atoms with Crippen molar-refractivity contribution in [3.63, 3.8) is 0 Å². The van der Waals surface area contributed by atoms with Crippen LogP contribution in [0.2, 0.25) is 0 Å². The van der Waals surface area contributed by atoms with E-state index in [4.69, 9.17) is 5.11 Å². The lowest BCUT2D eigenvalue weighted by Crippen LogP contribution is -2.30. The van der Waals surface area contributed by atoms with Crippen molar-refractivity contribution in [2.75, 3.05) is 19.3 Å². The lowest BCUT2D eigenvalue weighted by molar-refractivity contribution is -0.137. The minimum absolute atomic E-state index is 0.0814. The molecule has 0 aromatic carbocycles. The summed E-state index contributed by atoms with van der Waals surface area (Å²) in [6.45, 7) is 2.57. The van der Waals surface area contributed by atoms with Crippen LogP contribution >= 0.6 is 0 Å². The fourth-order valence-corrected chi connectivity index (χ4v) is 2.51. The summed E-state index contributed by atoms with van der Waals surface area (Å²) in [5.41, 5.74) is 0. The summed E-state index contributed by atoms with van der Waals surface area (Å²) in [6, 6.07) is 0. The third-order valence-electron chi connectivity index (χ3n) is 2.34. The van der Waals surface area contributed by atoms with Crippen LogP contribution in [0.1, 0.15) is 39.0 Å². The summed E-state index contributed by atoms with van der Waals surface area (Å²) in [5, 5.41) is 8.41. The number of hydrogen-bond donors (Lipinski definition) is 1. The van der Waals surface area contributed by atoms with E-state index in [1.54, 1.807) is 7.05 Å². The van der Waals surface area contributed by atoms with E-state index >= 15 is 0 Å². The van der Waals surface area contributed by atoms with Gasteiger partial charge in [-0.3, -0.25) is 4.79 Å².